The number of benzene rings is 2. The van der Waals surface area contributed by atoms with E-state index in [1.165, 1.54) is 4.57 Å². The van der Waals surface area contributed by atoms with Crippen molar-refractivity contribution >= 4 is 52.7 Å². The summed E-state index contributed by atoms with van der Waals surface area (Å²) in [4.78, 5) is 4.24. The highest BCUT2D eigenvalue weighted by molar-refractivity contribution is 7.85. The van der Waals surface area contributed by atoms with E-state index in [1.807, 2.05) is 43.3 Å². The van der Waals surface area contributed by atoms with Crippen molar-refractivity contribution in [2.45, 2.75) is 18.6 Å². The van der Waals surface area contributed by atoms with Crippen LogP contribution in [0.1, 0.15) is 6.92 Å². The first-order valence-corrected chi connectivity index (χ1v) is 9.04. The van der Waals surface area contributed by atoms with Crippen molar-refractivity contribution in [2.75, 3.05) is 0 Å². The van der Waals surface area contributed by atoms with Gasteiger partial charge in [0.1, 0.15) is 0 Å². The van der Waals surface area contributed by atoms with Crippen molar-refractivity contribution in [3.05, 3.63) is 36.4 Å². The van der Waals surface area contributed by atoms with Gasteiger partial charge in [-0.1, -0.05) is 18.2 Å². The maximum Gasteiger partial charge on any atom is 0.328 e. The van der Waals surface area contributed by atoms with E-state index >= 15 is 0 Å². The van der Waals surface area contributed by atoms with Crippen LogP contribution in [0.3, 0.4) is 0 Å². The molecule has 0 bridgehead atoms. The van der Waals surface area contributed by atoms with Gasteiger partial charge in [0.05, 0.1) is 11.0 Å². The number of hydrogen-bond donors (Lipinski definition) is 1. The summed E-state index contributed by atoms with van der Waals surface area (Å²) in [5.74, 6) is 0. The number of fused-ring (bicyclic) bond motifs is 5. The molecule has 0 aliphatic carbocycles. The second-order valence-electron chi connectivity index (χ2n) is 5.02. The number of imidazole rings is 1. The van der Waals surface area contributed by atoms with Crippen LogP contribution < -0.4 is 0 Å². The molecule has 0 saturated heterocycles. The molecule has 0 radical (unpaired) electrons. The van der Waals surface area contributed by atoms with E-state index in [1.54, 1.807) is 11.3 Å². The van der Waals surface area contributed by atoms with Crippen molar-refractivity contribution in [1.29, 1.82) is 0 Å². The third kappa shape index (κ3) is 1.79. The second-order valence-corrected chi connectivity index (χ2v) is 7.42. The summed E-state index contributed by atoms with van der Waals surface area (Å²) in [7, 11) is -4.36. The van der Waals surface area contributed by atoms with Crippen LogP contribution in [0.5, 0.6) is 0 Å². The van der Waals surface area contributed by atoms with Crippen LogP contribution in [-0.2, 0) is 16.7 Å². The number of rotatable bonds is 2. The quantitative estimate of drug-likeness (QED) is 0.569. The Balaban J connectivity index is 2.27. The molecule has 0 amide bonds. The van der Waals surface area contributed by atoms with Gasteiger partial charge in [-0.05, 0) is 25.1 Å². The van der Waals surface area contributed by atoms with Gasteiger partial charge in [-0.25, -0.2) is 4.98 Å². The average Bonchev–Trinajstić information content (AvgIpc) is 3.03. The molecule has 112 valence electrons. The monoisotopic (exact) mass is 332 g/mol. The lowest BCUT2D eigenvalue weighted by Crippen LogP contribution is -2.08. The van der Waals surface area contributed by atoms with Crippen LogP contribution in [0, 0.1) is 0 Å². The predicted molar refractivity (Wildman–Crippen MR) is 88.1 cm³/mol. The van der Waals surface area contributed by atoms with Crippen molar-refractivity contribution in [3.63, 3.8) is 0 Å². The van der Waals surface area contributed by atoms with Gasteiger partial charge in [-0.2, -0.15) is 8.42 Å². The summed E-state index contributed by atoms with van der Waals surface area (Å²) in [6, 6.07) is 11.8. The number of nitrogens with zero attached hydrogens (tertiary/aromatic N) is 2. The van der Waals surface area contributed by atoms with Gasteiger partial charge in [-0.15, -0.1) is 11.3 Å². The molecule has 2 aromatic heterocycles. The molecule has 0 atom stereocenters. The number of thiophene rings is 1. The minimum Gasteiger partial charge on any atom is -0.313 e. The first-order valence-electron chi connectivity index (χ1n) is 6.78. The maximum absolute atomic E-state index is 11.6. The minimum absolute atomic E-state index is 0.298. The molecular weight excluding hydrogens is 320 g/mol. The van der Waals surface area contributed by atoms with Crippen LogP contribution in [0.2, 0.25) is 0 Å². The number of aryl methyl sites for hydroxylation is 1. The predicted octanol–water partition coefficient (Wildman–Crippen LogP) is 3.67. The Kier molecular flexibility index (Phi) is 2.81. The molecule has 0 spiro atoms. The highest BCUT2D eigenvalue weighted by Gasteiger charge is 2.22. The lowest BCUT2D eigenvalue weighted by Gasteiger charge is -2.02. The van der Waals surface area contributed by atoms with E-state index in [0.29, 0.717) is 17.6 Å². The molecule has 2 heterocycles. The molecule has 4 rings (SSSR count). The van der Waals surface area contributed by atoms with Crippen molar-refractivity contribution < 1.29 is 13.0 Å². The Bertz CT molecular complexity index is 1140. The zero-order valence-electron chi connectivity index (χ0n) is 11.6. The Morgan fingerprint density at radius 1 is 1.18 bits per heavy atom. The fourth-order valence-electron chi connectivity index (χ4n) is 2.88. The topological polar surface area (TPSA) is 72.2 Å². The molecule has 0 unspecified atom stereocenters. The summed E-state index contributed by atoms with van der Waals surface area (Å²) in [5.41, 5.74) is 1.33. The number of aromatic nitrogens is 2. The smallest absolute Gasteiger partial charge is 0.313 e. The van der Waals surface area contributed by atoms with Gasteiger partial charge in [-0.3, -0.25) is 4.55 Å². The molecule has 1 N–H and O–H groups in total. The summed E-state index contributed by atoms with van der Waals surface area (Å²) in [6.45, 7) is 2.24. The molecule has 4 aromatic rings. The summed E-state index contributed by atoms with van der Waals surface area (Å²) < 4.78 is 36.3. The van der Waals surface area contributed by atoms with Gasteiger partial charge in [0.15, 0.2) is 0 Å². The lowest BCUT2D eigenvalue weighted by molar-refractivity contribution is 0.466. The van der Waals surface area contributed by atoms with Gasteiger partial charge in [0.2, 0.25) is 0 Å². The van der Waals surface area contributed by atoms with E-state index in [0.717, 1.165) is 20.2 Å². The van der Waals surface area contributed by atoms with Crippen LogP contribution in [-0.4, -0.2) is 22.5 Å². The van der Waals surface area contributed by atoms with Gasteiger partial charge < -0.3 is 4.57 Å². The van der Waals surface area contributed by atoms with Crippen LogP contribution >= 0.6 is 11.3 Å². The van der Waals surface area contributed by atoms with Gasteiger partial charge >= 0.3 is 10.1 Å². The average molecular weight is 332 g/mol. The highest BCUT2D eigenvalue weighted by Crippen LogP contribution is 2.38. The minimum atomic E-state index is -4.36. The second kappa shape index (κ2) is 4.52. The third-order valence-corrected chi connectivity index (χ3v) is 5.68. The zero-order chi connectivity index (χ0) is 15.5. The normalized spacial score (nSPS) is 12.6. The Morgan fingerprint density at radius 3 is 2.68 bits per heavy atom. The van der Waals surface area contributed by atoms with Crippen molar-refractivity contribution in [2.24, 2.45) is 0 Å². The van der Waals surface area contributed by atoms with E-state index in [4.69, 9.17) is 0 Å². The summed E-state index contributed by atoms with van der Waals surface area (Å²) in [5, 5.41) is 1.69. The summed E-state index contributed by atoms with van der Waals surface area (Å²) >= 11 is 1.65. The molecule has 7 heteroatoms. The molecule has 22 heavy (non-hydrogen) atoms. The SMILES string of the molecule is CCn1c(S(=O)(=O)O)nc2c3c(ccc21)sc1ccccc13. The Hall–Kier alpha value is -1.96. The lowest BCUT2D eigenvalue weighted by atomic mass is 10.1. The van der Waals surface area contributed by atoms with Crippen LogP contribution in [0.4, 0.5) is 0 Å². The maximum atomic E-state index is 11.6. The van der Waals surface area contributed by atoms with Gasteiger partial charge in [0, 0.05) is 26.7 Å². The van der Waals surface area contributed by atoms with Crippen LogP contribution in [0.15, 0.2) is 41.6 Å². The van der Waals surface area contributed by atoms with E-state index in [2.05, 4.69) is 4.98 Å². The standard InChI is InChI=1S/C15H12N2O3S2/c1-2-17-10-7-8-12-13(9-5-3-4-6-11(9)21-12)14(10)16-15(17)22(18,19)20/h3-8H,2H2,1H3,(H,18,19,20). The van der Waals surface area contributed by atoms with E-state index in [9.17, 15) is 13.0 Å². The fourth-order valence-corrected chi connectivity index (χ4v) is 4.70. The molecule has 2 aromatic carbocycles. The molecule has 0 aliphatic rings. The third-order valence-electron chi connectivity index (χ3n) is 3.77. The largest absolute Gasteiger partial charge is 0.328 e. The molecule has 0 saturated carbocycles. The van der Waals surface area contributed by atoms with Crippen molar-refractivity contribution in [1.82, 2.24) is 9.55 Å². The molecular formula is C15H12N2O3S2. The van der Waals surface area contributed by atoms with Crippen molar-refractivity contribution in [3.8, 4) is 0 Å². The first-order chi connectivity index (χ1) is 10.5. The molecule has 0 fully saturated rings. The molecule has 0 aliphatic heterocycles. The first kappa shape index (κ1) is 13.7. The van der Waals surface area contributed by atoms with Gasteiger partial charge in [0.25, 0.3) is 5.16 Å². The summed E-state index contributed by atoms with van der Waals surface area (Å²) in [6.07, 6.45) is 0. The highest BCUT2D eigenvalue weighted by atomic mass is 32.2. The van der Waals surface area contributed by atoms with E-state index < -0.39 is 10.1 Å². The Morgan fingerprint density at radius 2 is 1.95 bits per heavy atom. The molecule has 5 nitrogen and oxygen atoms in total. The zero-order valence-corrected chi connectivity index (χ0v) is 13.3. The number of hydrogen-bond acceptors (Lipinski definition) is 4. The Labute approximate surface area is 130 Å². The van der Waals surface area contributed by atoms with E-state index in [-0.39, 0.29) is 5.16 Å². The fraction of sp³-hybridized carbons (Fsp3) is 0.133. The van der Waals surface area contributed by atoms with Crippen LogP contribution in [0.25, 0.3) is 31.2 Å².